The molecule has 0 fully saturated rings. The molecule has 4 aromatic rings. The van der Waals surface area contributed by atoms with Crippen LogP contribution >= 0.6 is 23.5 Å². The fourth-order valence-electron chi connectivity index (χ4n) is 3.38. The molecule has 0 aliphatic rings. The van der Waals surface area contributed by atoms with Crippen molar-refractivity contribution in [3.05, 3.63) is 107 Å². The highest BCUT2D eigenvalue weighted by atomic mass is 35.5. The molecule has 0 bridgehead atoms. The van der Waals surface area contributed by atoms with Gasteiger partial charge in [0.1, 0.15) is 11.6 Å². The number of nitrogens with one attached hydrogen (secondary N) is 1. The first-order valence-corrected chi connectivity index (χ1v) is 12.0. The summed E-state index contributed by atoms with van der Waals surface area (Å²) in [6.45, 7) is 0.806. The Hall–Kier alpha value is -3.39. The monoisotopic (exact) mass is 492 g/mol. The molecule has 0 spiro atoms. The van der Waals surface area contributed by atoms with Crippen molar-refractivity contribution < 1.29 is 0 Å². The van der Waals surface area contributed by atoms with Gasteiger partial charge in [-0.15, -0.1) is 0 Å². The van der Waals surface area contributed by atoms with Crippen LogP contribution in [-0.2, 0) is 0 Å². The predicted molar refractivity (Wildman–Crippen MR) is 147 cm³/mol. The van der Waals surface area contributed by atoms with E-state index in [0.29, 0.717) is 11.5 Å². The molecule has 6 nitrogen and oxygen atoms in total. The molecule has 9 N–H and O–H groups in total. The number of rotatable bonds is 7. The van der Waals surface area contributed by atoms with Gasteiger partial charge in [-0.25, -0.2) is 4.98 Å². The van der Waals surface area contributed by atoms with Crippen molar-refractivity contribution in [1.82, 2.24) is 9.71 Å². The van der Waals surface area contributed by atoms with Crippen LogP contribution in [0.5, 0.6) is 0 Å². The van der Waals surface area contributed by atoms with Gasteiger partial charge in [0, 0.05) is 28.1 Å². The Morgan fingerprint density at radius 2 is 1.44 bits per heavy atom. The van der Waals surface area contributed by atoms with E-state index in [4.69, 9.17) is 34.5 Å². The predicted octanol–water partition coefficient (Wildman–Crippen LogP) is 5.57. The van der Waals surface area contributed by atoms with Crippen molar-refractivity contribution >= 4 is 46.6 Å². The van der Waals surface area contributed by atoms with Crippen LogP contribution in [0.4, 0.5) is 23.0 Å². The van der Waals surface area contributed by atoms with Gasteiger partial charge in [-0.05, 0) is 72.0 Å². The van der Waals surface area contributed by atoms with E-state index in [1.807, 2.05) is 42.5 Å². The second-order valence-electron chi connectivity index (χ2n) is 7.55. The smallest absolute Gasteiger partial charge is 0.149 e. The van der Waals surface area contributed by atoms with Gasteiger partial charge in [-0.3, -0.25) is 4.72 Å². The number of nitrogens with zero attached hydrogens (tertiary/aromatic N) is 1. The lowest BCUT2D eigenvalue weighted by Crippen LogP contribution is -2.15. The van der Waals surface area contributed by atoms with Gasteiger partial charge in [0.15, 0.2) is 0 Å². The summed E-state index contributed by atoms with van der Waals surface area (Å²) in [6, 6.07) is 29.4. The van der Waals surface area contributed by atoms with E-state index < -0.39 is 0 Å². The van der Waals surface area contributed by atoms with Crippen LogP contribution in [0.3, 0.4) is 0 Å². The lowest BCUT2D eigenvalue weighted by Gasteiger charge is -2.21. The Balaban J connectivity index is 0.000000343. The number of nitrogens with two attached hydrogens (primary N) is 4. The number of nitrogen functional groups attached to an aromatic ring is 4. The summed E-state index contributed by atoms with van der Waals surface area (Å²) in [7, 11) is 0. The minimum absolute atomic E-state index is 0.0904. The second-order valence-corrected chi connectivity index (χ2v) is 8.95. The molecule has 1 unspecified atom stereocenters. The van der Waals surface area contributed by atoms with Gasteiger partial charge in [0.25, 0.3) is 0 Å². The maximum absolute atomic E-state index is 6.22. The zero-order chi connectivity index (χ0) is 24.3. The zero-order valence-corrected chi connectivity index (χ0v) is 20.3. The number of pyridine rings is 1. The van der Waals surface area contributed by atoms with Crippen molar-refractivity contribution in [2.75, 3.05) is 29.5 Å². The van der Waals surface area contributed by atoms with E-state index in [1.54, 1.807) is 36.2 Å². The zero-order valence-electron chi connectivity index (χ0n) is 18.7. The second kappa shape index (κ2) is 12.7. The lowest BCUT2D eigenvalue weighted by atomic mass is 9.88. The molecule has 1 aromatic heterocycles. The molecule has 1 heterocycles. The molecule has 0 amide bonds. The van der Waals surface area contributed by atoms with Crippen molar-refractivity contribution in [2.45, 2.75) is 17.2 Å². The molecule has 8 heteroatoms. The third-order valence-electron chi connectivity index (χ3n) is 5.06. The Morgan fingerprint density at radius 3 is 2.06 bits per heavy atom. The summed E-state index contributed by atoms with van der Waals surface area (Å²) in [5, 5.41) is 0.721. The minimum atomic E-state index is 0.0904. The highest BCUT2D eigenvalue weighted by Crippen LogP contribution is 2.35. The highest BCUT2D eigenvalue weighted by Gasteiger charge is 2.19. The number of benzene rings is 3. The molecule has 176 valence electrons. The first-order valence-electron chi connectivity index (χ1n) is 10.8. The van der Waals surface area contributed by atoms with Crippen LogP contribution in [0.15, 0.2) is 95.9 Å². The van der Waals surface area contributed by atoms with Crippen LogP contribution in [0.25, 0.3) is 0 Å². The van der Waals surface area contributed by atoms with Crippen molar-refractivity contribution in [2.24, 2.45) is 0 Å². The molecular formula is C26H29ClN6S. The van der Waals surface area contributed by atoms with Crippen molar-refractivity contribution in [3.8, 4) is 0 Å². The van der Waals surface area contributed by atoms with Crippen molar-refractivity contribution in [1.29, 1.82) is 0 Å². The molecule has 0 aliphatic carbocycles. The van der Waals surface area contributed by atoms with Crippen LogP contribution in [-0.4, -0.2) is 11.5 Å². The summed E-state index contributed by atoms with van der Waals surface area (Å²) in [6.07, 6.45) is 0.858. The third kappa shape index (κ3) is 7.59. The number of aromatic nitrogens is 1. The van der Waals surface area contributed by atoms with Gasteiger partial charge in [0.2, 0.25) is 0 Å². The molecular weight excluding hydrogens is 464 g/mol. The van der Waals surface area contributed by atoms with Gasteiger partial charge < -0.3 is 22.9 Å². The number of hydrogen-bond donors (Lipinski definition) is 5. The van der Waals surface area contributed by atoms with Crippen LogP contribution in [0.1, 0.15) is 23.5 Å². The Kier molecular flexibility index (Phi) is 9.46. The summed E-state index contributed by atoms with van der Waals surface area (Å²) < 4.78 is 3.42. The molecule has 3 aromatic carbocycles. The topological polar surface area (TPSA) is 129 Å². The van der Waals surface area contributed by atoms with Crippen molar-refractivity contribution in [3.63, 3.8) is 0 Å². The Morgan fingerprint density at radius 1 is 0.824 bits per heavy atom. The Bertz CT molecular complexity index is 1140. The summed E-state index contributed by atoms with van der Waals surface area (Å²) in [5.74, 6) is 0.763. The van der Waals surface area contributed by atoms with E-state index in [2.05, 4.69) is 34.0 Å². The SMILES string of the molecule is Nc1cc(C(CCNSc2ccccc2)c2ccccc2)c(N)c(N)n1.Nc1ccc(Cl)cc1. The van der Waals surface area contributed by atoms with Gasteiger partial charge in [-0.2, -0.15) is 0 Å². The number of hydrogen-bond acceptors (Lipinski definition) is 7. The summed E-state index contributed by atoms with van der Waals surface area (Å²) in [4.78, 5) is 5.24. The van der Waals surface area contributed by atoms with E-state index in [-0.39, 0.29) is 11.7 Å². The fourth-order valence-corrected chi connectivity index (χ4v) is 4.19. The average molecular weight is 493 g/mol. The molecule has 1 atom stereocenters. The van der Waals surface area contributed by atoms with Gasteiger partial charge >= 0.3 is 0 Å². The molecule has 34 heavy (non-hydrogen) atoms. The maximum Gasteiger partial charge on any atom is 0.149 e. The lowest BCUT2D eigenvalue weighted by molar-refractivity contribution is 0.707. The van der Waals surface area contributed by atoms with E-state index in [1.165, 1.54) is 10.5 Å². The molecule has 0 aliphatic heterocycles. The first-order chi connectivity index (χ1) is 16.4. The van der Waals surface area contributed by atoms with Gasteiger partial charge in [0.05, 0.1) is 5.69 Å². The van der Waals surface area contributed by atoms with E-state index in [0.717, 1.165) is 29.2 Å². The van der Waals surface area contributed by atoms with Crippen LogP contribution < -0.4 is 27.7 Å². The largest absolute Gasteiger partial charge is 0.399 e. The number of anilines is 4. The molecule has 0 saturated carbocycles. The quantitative estimate of drug-likeness (QED) is 0.129. The van der Waals surface area contributed by atoms with E-state index >= 15 is 0 Å². The number of halogens is 1. The van der Waals surface area contributed by atoms with Crippen LogP contribution in [0.2, 0.25) is 5.02 Å². The molecule has 4 rings (SSSR count). The van der Waals surface area contributed by atoms with Gasteiger partial charge in [-0.1, -0.05) is 60.1 Å². The normalized spacial score (nSPS) is 11.3. The molecule has 0 saturated heterocycles. The Labute approximate surface area is 209 Å². The summed E-state index contributed by atoms with van der Waals surface area (Å²) >= 11 is 7.18. The fraction of sp³-hybridized carbons (Fsp3) is 0.115. The maximum atomic E-state index is 6.22. The average Bonchev–Trinajstić information content (AvgIpc) is 2.85. The molecule has 0 radical (unpaired) electrons. The minimum Gasteiger partial charge on any atom is -0.399 e. The standard InChI is InChI=1S/C20H23N5S.C6H6ClN/c21-18-13-17(19(22)20(23)25-18)16(14-7-3-1-4-8-14)11-12-24-26-15-9-5-2-6-10-15;7-5-1-3-6(8)4-2-5/h1-10,13,16,24H,11-12,22H2,(H4,21,23,25);1-4H,8H2. The van der Waals surface area contributed by atoms with Crippen LogP contribution in [0, 0.1) is 0 Å². The highest BCUT2D eigenvalue weighted by molar-refractivity contribution is 7.97. The summed E-state index contributed by atoms with van der Waals surface area (Å²) in [5.41, 5.74) is 26.8. The first kappa shape index (κ1) is 25.2. The van der Waals surface area contributed by atoms with E-state index in [9.17, 15) is 0 Å². The third-order valence-corrected chi connectivity index (χ3v) is 6.16.